The van der Waals surface area contributed by atoms with Gasteiger partial charge in [-0.2, -0.15) is 0 Å². The quantitative estimate of drug-likeness (QED) is 0.286. The van der Waals surface area contributed by atoms with Crippen molar-refractivity contribution in [1.82, 2.24) is 21.0 Å². The van der Waals surface area contributed by atoms with Gasteiger partial charge in [0.1, 0.15) is 17.7 Å². The standard InChI is InChI=1S/C27H46N4O7/c1-11-12-13-16(19(32)22(34)30-37-10)28-21(33)18-17-15(27(17,8)9)14-31(18)23(35)20(25(2,3)4)29-24(36)38-26(5,6)7/h15-18,20H,11-14H2,1-10H3,(H,28,33)(H,29,36)(H,30,34)/t15-,16?,17-,18-,20+/m0/s1. The maximum atomic E-state index is 13.9. The van der Waals surface area contributed by atoms with Crippen LogP contribution in [0.15, 0.2) is 0 Å². The van der Waals surface area contributed by atoms with Crippen LogP contribution in [0.4, 0.5) is 4.79 Å². The molecule has 1 unspecified atom stereocenters. The van der Waals surface area contributed by atoms with Crippen LogP contribution in [-0.2, 0) is 28.8 Å². The molecule has 11 heteroatoms. The molecule has 3 N–H and O–H groups in total. The van der Waals surface area contributed by atoms with Crippen molar-refractivity contribution in [3.05, 3.63) is 0 Å². The minimum absolute atomic E-state index is 0.103. The Hall–Kier alpha value is -2.69. The second-order valence-corrected chi connectivity index (χ2v) is 13.0. The molecule has 1 heterocycles. The zero-order valence-electron chi connectivity index (χ0n) is 24.5. The number of hydrogen-bond donors (Lipinski definition) is 3. The molecule has 216 valence electrons. The number of nitrogens with zero attached hydrogens (tertiary/aromatic N) is 1. The van der Waals surface area contributed by atoms with Gasteiger partial charge in [0.25, 0.3) is 0 Å². The summed E-state index contributed by atoms with van der Waals surface area (Å²) < 4.78 is 5.39. The number of hydroxylamine groups is 1. The number of fused-ring (bicyclic) bond motifs is 1. The van der Waals surface area contributed by atoms with E-state index in [2.05, 4.69) is 29.3 Å². The fourth-order valence-corrected chi connectivity index (χ4v) is 5.29. The van der Waals surface area contributed by atoms with Crippen molar-refractivity contribution in [2.45, 2.75) is 105 Å². The number of ether oxygens (including phenoxy) is 1. The zero-order valence-corrected chi connectivity index (χ0v) is 24.5. The summed E-state index contributed by atoms with van der Waals surface area (Å²) >= 11 is 0. The molecule has 0 aromatic rings. The second kappa shape index (κ2) is 11.6. The summed E-state index contributed by atoms with van der Waals surface area (Å²) in [5, 5.41) is 5.46. The normalized spacial score (nSPS) is 23.5. The highest BCUT2D eigenvalue weighted by molar-refractivity contribution is 6.38. The van der Waals surface area contributed by atoms with Crippen LogP contribution in [0, 0.1) is 22.7 Å². The van der Waals surface area contributed by atoms with Crippen molar-refractivity contribution in [2.24, 2.45) is 22.7 Å². The first-order valence-electron chi connectivity index (χ1n) is 13.3. The predicted molar refractivity (Wildman–Crippen MR) is 140 cm³/mol. The number of likely N-dealkylation sites (tertiary alicyclic amines) is 1. The van der Waals surface area contributed by atoms with E-state index in [1.54, 1.807) is 20.8 Å². The topological polar surface area (TPSA) is 143 Å². The fraction of sp³-hybridized carbons (Fsp3) is 0.815. The van der Waals surface area contributed by atoms with Gasteiger partial charge in [0, 0.05) is 6.54 Å². The summed E-state index contributed by atoms with van der Waals surface area (Å²) in [6, 6.07) is -2.83. The van der Waals surface area contributed by atoms with Crippen molar-refractivity contribution in [2.75, 3.05) is 13.7 Å². The number of carbonyl (C=O) groups is 5. The Balaban J connectivity index is 2.32. The van der Waals surface area contributed by atoms with Crippen LogP contribution in [0.5, 0.6) is 0 Å². The number of Topliss-reactive ketones (excluding diaryl/α,β-unsaturated/α-hetero) is 1. The molecule has 0 aromatic heterocycles. The maximum absolute atomic E-state index is 13.9. The van der Waals surface area contributed by atoms with Crippen LogP contribution in [-0.4, -0.2) is 71.9 Å². The van der Waals surface area contributed by atoms with Gasteiger partial charge in [-0.05, 0) is 49.9 Å². The largest absolute Gasteiger partial charge is 0.444 e. The number of unbranched alkanes of at least 4 members (excludes halogenated alkanes) is 1. The van der Waals surface area contributed by atoms with Crippen LogP contribution < -0.4 is 16.1 Å². The first-order valence-corrected chi connectivity index (χ1v) is 13.3. The van der Waals surface area contributed by atoms with E-state index >= 15 is 0 Å². The van der Waals surface area contributed by atoms with Crippen molar-refractivity contribution in [3.63, 3.8) is 0 Å². The summed E-state index contributed by atoms with van der Waals surface area (Å²) in [6.07, 6.45) is 0.946. The van der Waals surface area contributed by atoms with Crippen LogP contribution in [0.3, 0.4) is 0 Å². The Morgan fingerprint density at radius 1 is 1.03 bits per heavy atom. The zero-order chi connectivity index (χ0) is 29.2. The Labute approximate surface area is 226 Å². The van der Waals surface area contributed by atoms with E-state index in [9.17, 15) is 24.0 Å². The lowest BCUT2D eigenvalue weighted by atomic mass is 9.85. The highest BCUT2D eigenvalue weighted by Gasteiger charge is 2.70. The molecule has 0 aromatic carbocycles. The van der Waals surface area contributed by atoms with E-state index in [0.29, 0.717) is 13.0 Å². The smallest absolute Gasteiger partial charge is 0.408 e. The second-order valence-electron chi connectivity index (χ2n) is 13.0. The molecule has 1 aliphatic carbocycles. The number of alkyl carbamates (subject to hydrolysis) is 1. The number of ketones is 1. The molecule has 2 rings (SSSR count). The van der Waals surface area contributed by atoms with E-state index in [1.807, 2.05) is 33.2 Å². The Bertz CT molecular complexity index is 935. The molecule has 1 saturated heterocycles. The highest BCUT2D eigenvalue weighted by Crippen LogP contribution is 2.65. The van der Waals surface area contributed by atoms with E-state index in [4.69, 9.17) is 4.74 Å². The molecule has 2 fully saturated rings. The molecular formula is C27H46N4O7. The molecular weight excluding hydrogens is 492 g/mol. The molecule has 0 radical (unpaired) electrons. The Kier molecular flexibility index (Phi) is 9.62. The van der Waals surface area contributed by atoms with Gasteiger partial charge in [-0.1, -0.05) is 54.4 Å². The van der Waals surface area contributed by atoms with Gasteiger partial charge < -0.3 is 20.3 Å². The molecule has 5 atom stereocenters. The van der Waals surface area contributed by atoms with Crippen LogP contribution in [0.2, 0.25) is 0 Å². The minimum Gasteiger partial charge on any atom is -0.444 e. The van der Waals surface area contributed by atoms with E-state index in [0.717, 1.165) is 6.42 Å². The lowest BCUT2D eigenvalue weighted by Gasteiger charge is -2.38. The third-order valence-corrected chi connectivity index (χ3v) is 7.43. The van der Waals surface area contributed by atoms with Gasteiger partial charge in [0.05, 0.1) is 13.2 Å². The third-order valence-electron chi connectivity index (χ3n) is 7.43. The summed E-state index contributed by atoms with van der Waals surface area (Å²) in [4.78, 5) is 71.2. The van der Waals surface area contributed by atoms with Crippen molar-refractivity contribution >= 4 is 29.6 Å². The lowest BCUT2D eigenvalue weighted by molar-refractivity contribution is -0.147. The van der Waals surface area contributed by atoms with Gasteiger partial charge in [-0.25, -0.2) is 10.3 Å². The average Bonchev–Trinajstić information content (AvgIpc) is 3.11. The summed E-state index contributed by atoms with van der Waals surface area (Å²) in [6.45, 7) is 17.1. The third kappa shape index (κ3) is 7.24. The number of rotatable bonds is 10. The lowest BCUT2D eigenvalue weighted by Crippen LogP contribution is -2.60. The number of amides is 4. The summed E-state index contributed by atoms with van der Waals surface area (Å²) in [5.41, 5.74) is 0.435. The molecule has 38 heavy (non-hydrogen) atoms. The first-order chi connectivity index (χ1) is 17.4. The number of piperidine rings is 1. The highest BCUT2D eigenvalue weighted by atomic mass is 16.6. The average molecular weight is 539 g/mol. The minimum atomic E-state index is -1.05. The molecule has 1 aliphatic heterocycles. The van der Waals surface area contributed by atoms with Gasteiger partial charge in [0.15, 0.2) is 0 Å². The molecule has 0 bridgehead atoms. The molecule has 4 amide bonds. The molecule has 0 spiro atoms. The number of carbonyl (C=O) groups excluding carboxylic acids is 5. The van der Waals surface area contributed by atoms with Crippen molar-refractivity contribution < 1.29 is 33.5 Å². The van der Waals surface area contributed by atoms with Gasteiger partial charge in [-0.15, -0.1) is 0 Å². The fourth-order valence-electron chi connectivity index (χ4n) is 5.29. The van der Waals surface area contributed by atoms with E-state index in [1.165, 1.54) is 12.0 Å². The van der Waals surface area contributed by atoms with Crippen molar-refractivity contribution in [3.8, 4) is 0 Å². The van der Waals surface area contributed by atoms with Gasteiger partial charge in [0.2, 0.25) is 17.6 Å². The van der Waals surface area contributed by atoms with E-state index in [-0.39, 0.29) is 29.6 Å². The van der Waals surface area contributed by atoms with Gasteiger partial charge in [-0.3, -0.25) is 24.0 Å². The Morgan fingerprint density at radius 3 is 2.13 bits per heavy atom. The number of hydrogen-bond acceptors (Lipinski definition) is 7. The maximum Gasteiger partial charge on any atom is 0.408 e. The molecule has 11 nitrogen and oxygen atoms in total. The molecule has 1 saturated carbocycles. The summed E-state index contributed by atoms with van der Waals surface area (Å²) in [5.74, 6) is -2.64. The van der Waals surface area contributed by atoms with E-state index < -0.39 is 52.8 Å². The van der Waals surface area contributed by atoms with Crippen molar-refractivity contribution in [1.29, 1.82) is 0 Å². The predicted octanol–water partition coefficient (Wildman–Crippen LogP) is 2.33. The van der Waals surface area contributed by atoms with Crippen LogP contribution in [0.25, 0.3) is 0 Å². The van der Waals surface area contributed by atoms with Crippen LogP contribution >= 0.6 is 0 Å². The number of nitrogens with one attached hydrogen (secondary N) is 3. The summed E-state index contributed by atoms with van der Waals surface area (Å²) in [7, 11) is 1.22. The Morgan fingerprint density at radius 2 is 1.63 bits per heavy atom. The first kappa shape index (κ1) is 31.5. The SMILES string of the molecule is CCCCC(NC(=O)[C@@H]1[C@@H]2[C@H](CN1C(=O)[C@@H](NC(=O)OC(C)(C)C)C(C)(C)C)C2(C)C)C(=O)C(=O)NOC. The molecule has 2 aliphatic rings. The van der Waals surface area contributed by atoms with Crippen LogP contribution in [0.1, 0.15) is 81.6 Å². The van der Waals surface area contributed by atoms with Gasteiger partial charge >= 0.3 is 12.0 Å². The monoisotopic (exact) mass is 538 g/mol.